The Morgan fingerprint density at radius 3 is 2.86 bits per heavy atom. The molecule has 1 rings (SSSR count). The second-order valence-electron chi connectivity index (χ2n) is 4.38. The van der Waals surface area contributed by atoms with Crippen molar-refractivity contribution in [3.05, 3.63) is 42.0 Å². The van der Waals surface area contributed by atoms with Crippen LogP contribution in [0.1, 0.15) is 18.1 Å². The van der Waals surface area contributed by atoms with Crippen LogP contribution >= 0.6 is 12.2 Å². The predicted octanol–water partition coefficient (Wildman–Crippen LogP) is 0.362. The van der Waals surface area contributed by atoms with Crippen molar-refractivity contribution in [2.45, 2.75) is 13.3 Å². The van der Waals surface area contributed by atoms with E-state index in [4.69, 9.17) is 17.0 Å². The lowest BCUT2D eigenvalue weighted by molar-refractivity contribution is -0.304. The maximum atomic E-state index is 10.8. The highest BCUT2D eigenvalue weighted by Gasteiger charge is 2.07. The van der Waals surface area contributed by atoms with Crippen LogP contribution in [0.5, 0.6) is 5.75 Å². The summed E-state index contributed by atoms with van der Waals surface area (Å²) >= 11 is 5.03. The Kier molecular flexibility index (Phi) is 7.04. The number of nitrogens with zero attached hydrogens (tertiary/aromatic N) is 1. The summed E-state index contributed by atoms with van der Waals surface area (Å²) in [7, 11) is 1.49. The number of carbonyl (C=O) groups excluding carboxylic acids is 1. The number of aliphatic carboxylic acids is 1. The number of nitrogens with one attached hydrogen (secondary N) is 2. The number of carboxylic acids is 1. The van der Waals surface area contributed by atoms with Crippen molar-refractivity contribution in [3.8, 4) is 5.75 Å². The van der Waals surface area contributed by atoms with Gasteiger partial charge < -0.3 is 20.0 Å². The molecule has 1 aromatic rings. The van der Waals surface area contributed by atoms with Gasteiger partial charge in [-0.25, -0.2) is 0 Å². The molecule has 118 valence electrons. The number of rotatable bonds is 7. The van der Waals surface area contributed by atoms with E-state index in [0.29, 0.717) is 28.7 Å². The molecule has 0 fully saturated rings. The Hall–Kier alpha value is -2.41. The first-order chi connectivity index (χ1) is 10.5. The molecule has 0 saturated heterocycles. The Bertz CT molecular complexity index is 600. The van der Waals surface area contributed by atoms with Gasteiger partial charge in [-0.05, 0) is 42.9 Å². The molecule has 0 aliphatic heterocycles. The third-order valence-electron chi connectivity index (χ3n) is 2.77. The summed E-state index contributed by atoms with van der Waals surface area (Å²) in [4.78, 5) is 10.8. The van der Waals surface area contributed by atoms with Crippen LogP contribution < -0.4 is 20.6 Å². The zero-order valence-corrected chi connectivity index (χ0v) is 13.3. The van der Waals surface area contributed by atoms with Crippen LogP contribution in [0, 0.1) is 0 Å². The zero-order valence-electron chi connectivity index (χ0n) is 12.5. The van der Waals surface area contributed by atoms with Crippen molar-refractivity contribution in [1.29, 1.82) is 0 Å². The quantitative estimate of drug-likeness (QED) is 0.327. The Labute approximate surface area is 134 Å². The van der Waals surface area contributed by atoms with Gasteiger partial charge in [0.05, 0.1) is 12.8 Å². The summed E-state index contributed by atoms with van der Waals surface area (Å²) in [6.45, 7) is 5.90. The minimum atomic E-state index is -1.17. The van der Waals surface area contributed by atoms with Crippen LogP contribution in [-0.2, 0) is 11.2 Å². The Balaban J connectivity index is 2.88. The molecular formula is C15H18N3O3S-. The summed E-state index contributed by atoms with van der Waals surface area (Å²) < 4.78 is 5.14. The molecule has 0 unspecified atom stereocenters. The van der Waals surface area contributed by atoms with Crippen LogP contribution in [0.2, 0.25) is 0 Å². The van der Waals surface area contributed by atoms with E-state index in [1.165, 1.54) is 7.11 Å². The van der Waals surface area contributed by atoms with Gasteiger partial charge in [-0.2, -0.15) is 5.10 Å². The molecule has 7 heteroatoms. The number of carbonyl (C=O) groups is 1. The highest BCUT2D eigenvalue weighted by molar-refractivity contribution is 7.80. The van der Waals surface area contributed by atoms with Crippen molar-refractivity contribution in [2.24, 2.45) is 5.10 Å². The van der Waals surface area contributed by atoms with Crippen LogP contribution in [0.25, 0.3) is 0 Å². The van der Waals surface area contributed by atoms with E-state index < -0.39 is 5.97 Å². The number of ether oxygens (including phenoxy) is 1. The zero-order chi connectivity index (χ0) is 16.5. The second-order valence-corrected chi connectivity index (χ2v) is 4.79. The number of benzene rings is 1. The van der Waals surface area contributed by atoms with E-state index in [0.717, 1.165) is 5.56 Å². The van der Waals surface area contributed by atoms with E-state index in [9.17, 15) is 9.90 Å². The van der Waals surface area contributed by atoms with Crippen molar-refractivity contribution in [2.75, 3.05) is 13.7 Å². The Morgan fingerprint density at radius 1 is 1.55 bits per heavy atom. The minimum Gasteiger partial charge on any atom is -0.550 e. The summed E-state index contributed by atoms with van der Waals surface area (Å²) in [5.74, 6) is -0.671. The average Bonchev–Trinajstić information content (AvgIpc) is 2.49. The van der Waals surface area contributed by atoms with Crippen LogP contribution in [-0.4, -0.2) is 30.4 Å². The molecule has 0 atom stereocenters. The lowest BCUT2D eigenvalue weighted by Crippen LogP contribution is -2.32. The fourth-order valence-corrected chi connectivity index (χ4v) is 1.83. The van der Waals surface area contributed by atoms with Gasteiger partial charge in [-0.3, -0.25) is 5.43 Å². The molecule has 0 amide bonds. The molecule has 0 heterocycles. The molecule has 0 radical (unpaired) electrons. The van der Waals surface area contributed by atoms with Gasteiger partial charge in [0, 0.05) is 24.5 Å². The van der Waals surface area contributed by atoms with Crippen molar-refractivity contribution in [3.63, 3.8) is 0 Å². The highest BCUT2D eigenvalue weighted by atomic mass is 32.1. The molecule has 0 spiro atoms. The number of thiocarbonyl (C=S) groups is 1. The van der Waals surface area contributed by atoms with Gasteiger partial charge in [-0.15, -0.1) is 6.58 Å². The Morgan fingerprint density at radius 2 is 2.27 bits per heavy atom. The molecule has 6 nitrogen and oxygen atoms in total. The lowest BCUT2D eigenvalue weighted by Gasteiger charge is -2.11. The monoisotopic (exact) mass is 320 g/mol. The molecule has 0 aliphatic carbocycles. The molecule has 2 N–H and O–H groups in total. The molecule has 0 aromatic heterocycles. The standard InChI is InChI=1S/C15H19N3O3S/c1-4-7-16-15(22)18-17-10(2)11-5-6-13(21-3)12(8-11)9-14(19)20/h4-6,8H,1,7,9H2,2-3H3,(H,19,20)(H2,16,18,22)/p-1/b17-10-. The summed E-state index contributed by atoms with van der Waals surface area (Å²) in [5.41, 5.74) is 4.65. The highest BCUT2D eigenvalue weighted by Crippen LogP contribution is 2.20. The van der Waals surface area contributed by atoms with Gasteiger partial charge in [0.2, 0.25) is 0 Å². The van der Waals surface area contributed by atoms with Crippen molar-refractivity contribution < 1.29 is 14.6 Å². The van der Waals surface area contributed by atoms with Gasteiger partial charge in [0.1, 0.15) is 5.75 Å². The second kappa shape index (κ2) is 8.78. The van der Waals surface area contributed by atoms with Gasteiger partial charge >= 0.3 is 0 Å². The molecule has 1 aromatic carbocycles. The summed E-state index contributed by atoms with van der Waals surface area (Å²) in [6, 6.07) is 5.19. The molecule has 0 bridgehead atoms. The number of hydrogen-bond donors (Lipinski definition) is 2. The third-order valence-corrected chi connectivity index (χ3v) is 3.00. The largest absolute Gasteiger partial charge is 0.550 e. The van der Waals surface area contributed by atoms with E-state index in [1.807, 2.05) is 0 Å². The first-order valence-electron chi connectivity index (χ1n) is 6.54. The van der Waals surface area contributed by atoms with E-state index in [-0.39, 0.29) is 6.42 Å². The van der Waals surface area contributed by atoms with Crippen molar-refractivity contribution >= 4 is 29.0 Å². The first kappa shape index (κ1) is 17.6. The molecule has 0 saturated carbocycles. The fourth-order valence-electron chi connectivity index (χ4n) is 1.70. The van der Waals surface area contributed by atoms with E-state index in [1.54, 1.807) is 31.2 Å². The topological polar surface area (TPSA) is 85.8 Å². The number of carboxylic acid groups (broad SMARTS) is 1. The van der Waals surface area contributed by atoms with Gasteiger partial charge in [-0.1, -0.05) is 6.08 Å². The lowest BCUT2D eigenvalue weighted by atomic mass is 10.0. The first-order valence-corrected chi connectivity index (χ1v) is 6.95. The predicted molar refractivity (Wildman–Crippen MR) is 87.8 cm³/mol. The summed E-state index contributed by atoms with van der Waals surface area (Å²) in [5, 5.41) is 18.2. The maximum Gasteiger partial charge on any atom is 0.187 e. The van der Waals surface area contributed by atoms with Crippen molar-refractivity contribution in [1.82, 2.24) is 10.7 Å². The van der Waals surface area contributed by atoms with Crippen LogP contribution in [0.3, 0.4) is 0 Å². The number of hydrogen-bond acceptors (Lipinski definition) is 5. The van der Waals surface area contributed by atoms with E-state index in [2.05, 4.69) is 22.4 Å². The smallest absolute Gasteiger partial charge is 0.187 e. The normalized spacial score (nSPS) is 10.7. The fraction of sp³-hybridized carbons (Fsp3) is 0.267. The van der Waals surface area contributed by atoms with Gasteiger partial charge in [0.25, 0.3) is 0 Å². The summed E-state index contributed by atoms with van der Waals surface area (Å²) in [6.07, 6.45) is 1.46. The average molecular weight is 320 g/mol. The number of hydrazone groups is 1. The SMILES string of the molecule is C=CCNC(=S)N/N=C(/C)c1ccc(OC)c(CC(=O)[O-])c1. The molecule has 0 aliphatic rings. The number of methoxy groups -OCH3 is 1. The molecular weight excluding hydrogens is 302 g/mol. The minimum absolute atomic E-state index is 0.225. The maximum absolute atomic E-state index is 10.8. The van der Waals surface area contributed by atoms with Gasteiger partial charge in [0.15, 0.2) is 5.11 Å². The van der Waals surface area contributed by atoms with E-state index >= 15 is 0 Å². The molecule has 22 heavy (non-hydrogen) atoms. The van der Waals surface area contributed by atoms with Crippen LogP contribution in [0.4, 0.5) is 0 Å². The van der Waals surface area contributed by atoms with Crippen LogP contribution in [0.15, 0.2) is 36.0 Å². The third kappa shape index (κ3) is 5.53.